The Morgan fingerprint density at radius 2 is 1.63 bits per heavy atom. The van der Waals surface area contributed by atoms with Crippen molar-refractivity contribution in [3.05, 3.63) is 71.8 Å². The molecule has 3 nitrogen and oxygen atoms in total. The smallest absolute Gasteiger partial charge is 0.252 e. The second-order valence-electron chi connectivity index (χ2n) is 4.59. The Morgan fingerprint density at radius 1 is 1.00 bits per heavy atom. The number of amides is 1. The van der Waals surface area contributed by atoms with Crippen molar-refractivity contribution >= 4 is 5.91 Å². The summed E-state index contributed by atoms with van der Waals surface area (Å²) in [5.74, 6) is -0.0438. The maximum absolute atomic E-state index is 11.9. The standard InChI is InChI=1S/C16H15NO2/c18-16(17-11-12-7-3-1-4-8-12)15-14(19-15)13-9-5-2-6-10-13/h1-10,14-15H,11H2,(H,17,18)/t14-,15+/m1/s1. The topological polar surface area (TPSA) is 41.6 Å². The van der Waals surface area contributed by atoms with Crippen LogP contribution in [0.5, 0.6) is 0 Å². The highest BCUT2D eigenvalue weighted by Gasteiger charge is 2.45. The lowest BCUT2D eigenvalue weighted by Gasteiger charge is -2.03. The zero-order chi connectivity index (χ0) is 13.1. The average molecular weight is 253 g/mol. The Kier molecular flexibility index (Phi) is 3.29. The summed E-state index contributed by atoms with van der Waals surface area (Å²) < 4.78 is 5.44. The lowest BCUT2D eigenvalue weighted by molar-refractivity contribution is -0.122. The van der Waals surface area contributed by atoms with Gasteiger partial charge in [0, 0.05) is 6.54 Å². The summed E-state index contributed by atoms with van der Waals surface area (Å²) in [4.78, 5) is 11.9. The van der Waals surface area contributed by atoms with E-state index >= 15 is 0 Å². The van der Waals surface area contributed by atoms with Crippen LogP contribution in [-0.2, 0) is 16.1 Å². The van der Waals surface area contributed by atoms with E-state index < -0.39 is 0 Å². The first kappa shape index (κ1) is 11.9. The molecule has 1 heterocycles. The molecule has 3 heteroatoms. The molecule has 0 spiro atoms. The number of nitrogens with one attached hydrogen (secondary N) is 1. The van der Waals surface area contributed by atoms with Gasteiger partial charge >= 0.3 is 0 Å². The maximum atomic E-state index is 11.9. The molecule has 1 saturated heterocycles. The first-order valence-electron chi connectivity index (χ1n) is 6.36. The van der Waals surface area contributed by atoms with Gasteiger partial charge in [0.2, 0.25) is 0 Å². The minimum absolute atomic E-state index is 0.0438. The Hall–Kier alpha value is -2.13. The van der Waals surface area contributed by atoms with Crippen molar-refractivity contribution in [1.82, 2.24) is 5.32 Å². The highest BCUT2D eigenvalue weighted by Crippen LogP contribution is 2.38. The predicted octanol–water partition coefficient (Wildman–Crippen LogP) is 2.44. The largest absolute Gasteiger partial charge is 0.354 e. The fourth-order valence-electron chi connectivity index (χ4n) is 2.09. The normalized spacial score (nSPS) is 20.8. The van der Waals surface area contributed by atoms with E-state index in [2.05, 4.69) is 5.32 Å². The van der Waals surface area contributed by atoms with E-state index in [1.54, 1.807) is 0 Å². The first-order valence-corrected chi connectivity index (χ1v) is 6.36. The summed E-state index contributed by atoms with van der Waals surface area (Å²) in [5, 5.41) is 2.90. The second kappa shape index (κ2) is 5.24. The van der Waals surface area contributed by atoms with E-state index in [1.807, 2.05) is 60.7 Å². The van der Waals surface area contributed by atoms with Gasteiger partial charge in [0.1, 0.15) is 6.10 Å². The van der Waals surface area contributed by atoms with E-state index in [-0.39, 0.29) is 18.1 Å². The highest BCUT2D eigenvalue weighted by atomic mass is 16.6. The zero-order valence-corrected chi connectivity index (χ0v) is 10.5. The Labute approximate surface area is 112 Å². The minimum Gasteiger partial charge on any atom is -0.354 e. The SMILES string of the molecule is O=C(NCc1ccccc1)[C@H]1O[C@@H]1c1ccccc1. The zero-order valence-electron chi connectivity index (χ0n) is 10.5. The third kappa shape index (κ3) is 2.83. The molecule has 1 fully saturated rings. The van der Waals surface area contributed by atoms with Crippen molar-refractivity contribution in [3.8, 4) is 0 Å². The molecule has 19 heavy (non-hydrogen) atoms. The number of hydrogen-bond acceptors (Lipinski definition) is 2. The van der Waals surface area contributed by atoms with Gasteiger partial charge in [-0.1, -0.05) is 60.7 Å². The van der Waals surface area contributed by atoms with Crippen LogP contribution >= 0.6 is 0 Å². The quantitative estimate of drug-likeness (QED) is 0.850. The molecular formula is C16H15NO2. The predicted molar refractivity (Wildman–Crippen MR) is 72.3 cm³/mol. The van der Waals surface area contributed by atoms with Gasteiger partial charge in [-0.3, -0.25) is 4.79 Å². The third-order valence-electron chi connectivity index (χ3n) is 3.19. The highest BCUT2D eigenvalue weighted by molar-refractivity contribution is 5.84. The molecule has 3 rings (SSSR count). The summed E-state index contributed by atoms with van der Waals surface area (Å²) in [6.45, 7) is 0.543. The van der Waals surface area contributed by atoms with Gasteiger partial charge in [-0.25, -0.2) is 0 Å². The number of rotatable bonds is 4. The van der Waals surface area contributed by atoms with Crippen LogP contribution in [-0.4, -0.2) is 12.0 Å². The Bertz CT molecular complexity index is 553. The van der Waals surface area contributed by atoms with Crippen molar-refractivity contribution in [1.29, 1.82) is 0 Å². The van der Waals surface area contributed by atoms with Crippen LogP contribution in [0.15, 0.2) is 60.7 Å². The molecule has 2 atom stereocenters. The molecule has 1 amide bonds. The summed E-state index contributed by atoms with van der Waals surface area (Å²) in [7, 11) is 0. The summed E-state index contributed by atoms with van der Waals surface area (Å²) >= 11 is 0. The third-order valence-corrected chi connectivity index (χ3v) is 3.19. The number of hydrogen-bond donors (Lipinski definition) is 1. The van der Waals surface area contributed by atoms with Gasteiger partial charge in [0.15, 0.2) is 6.10 Å². The van der Waals surface area contributed by atoms with Gasteiger partial charge in [0.25, 0.3) is 5.91 Å². The van der Waals surface area contributed by atoms with Gasteiger partial charge in [-0.05, 0) is 11.1 Å². The van der Waals surface area contributed by atoms with Crippen LogP contribution in [0, 0.1) is 0 Å². The fraction of sp³-hybridized carbons (Fsp3) is 0.188. The molecule has 0 aliphatic carbocycles. The lowest BCUT2D eigenvalue weighted by Crippen LogP contribution is -2.27. The van der Waals surface area contributed by atoms with Gasteiger partial charge < -0.3 is 10.1 Å². The maximum Gasteiger partial charge on any atom is 0.252 e. The lowest BCUT2D eigenvalue weighted by atomic mass is 10.1. The van der Waals surface area contributed by atoms with Crippen LogP contribution in [0.3, 0.4) is 0 Å². The molecular weight excluding hydrogens is 238 g/mol. The summed E-state index contributed by atoms with van der Waals surface area (Å²) in [6.07, 6.45) is -0.428. The van der Waals surface area contributed by atoms with E-state index in [4.69, 9.17) is 4.74 Å². The number of carbonyl (C=O) groups is 1. The molecule has 2 aromatic carbocycles. The van der Waals surface area contributed by atoms with E-state index in [0.29, 0.717) is 6.54 Å². The molecule has 0 bridgehead atoms. The fourth-order valence-corrected chi connectivity index (χ4v) is 2.09. The molecule has 1 aliphatic heterocycles. The van der Waals surface area contributed by atoms with Gasteiger partial charge in [0.05, 0.1) is 0 Å². The molecule has 1 N–H and O–H groups in total. The summed E-state index contributed by atoms with van der Waals surface area (Å²) in [5.41, 5.74) is 2.15. The van der Waals surface area contributed by atoms with Crippen molar-refractivity contribution in [3.63, 3.8) is 0 Å². The number of ether oxygens (including phenoxy) is 1. The van der Waals surface area contributed by atoms with E-state index in [9.17, 15) is 4.79 Å². The monoisotopic (exact) mass is 253 g/mol. The van der Waals surface area contributed by atoms with Crippen molar-refractivity contribution in [2.45, 2.75) is 18.8 Å². The van der Waals surface area contributed by atoms with Crippen LogP contribution in [0.25, 0.3) is 0 Å². The molecule has 0 radical (unpaired) electrons. The average Bonchev–Trinajstić information content (AvgIpc) is 3.27. The first-order chi connectivity index (χ1) is 9.34. The van der Waals surface area contributed by atoms with Crippen molar-refractivity contribution in [2.75, 3.05) is 0 Å². The molecule has 96 valence electrons. The van der Waals surface area contributed by atoms with Gasteiger partial charge in [-0.15, -0.1) is 0 Å². The molecule has 1 aliphatic rings. The molecule has 0 saturated carbocycles. The Balaban J connectivity index is 1.53. The summed E-state index contributed by atoms with van der Waals surface area (Å²) in [6, 6.07) is 19.7. The van der Waals surface area contributed by atoms with Crippen molar-refractivity contribution < 1.29 is 9.53 Å². The number of carbonyl (C=O) groups excluding carboxylic acids is 1. The van der Waals surface area contributed by atoms with Crippen LogP contribution in [0.1, 0.15) is 17.2 Å². The van der Waals surface area contributed by atoms with E-state index in [0.717, 1.165) is 11.1 Å². The van der Waals surface area contributed by atoms with Crippen molar-refractivity contribution in [2.24, 2.45) is 0 Å². The van der Waals surface area contributed by atoms with E-state index in [1.165, 1.54) is 0 Å². The molecule has 0 aromatic heterocycles. The molecule has 2 aromatic rings. The van der Waals surface area contributed by atoms with Crippen LogP contribution < -0.4 is 5.32 Å². The Morgan fingerprint density at radius 3 is 2.32 bits per heavy atom. The van der Waals surface area contributed by atoms with Gasteiger partial charge in [-0.2, -0.15) is 0 Å². The molecule has 0 unspecified atom stereocenters. The van der Waals surface area contributed by atoms with Crippen LogP contribution in [0.2, 0.25) is 0 Å². The van der Waals surface area contributed by atoms with Crippen LogP contribution in [0.4, 0.5) is 0 Å². The number of benzene rings is 2. The minimum atomic E-state index is -0.342. The number of epoxide rings is 1. The second-order valence-corrected chi connectivity index (χ2v) is 4.59.